The highest BCUT2D eigenvalue weighted by Crippen LogP contribution is 2.24. The molecule has 1 aliphatic heterocycles. The van der Waals surface area contributed by atoms with Gasteiger partial charge < -0.3 is 4.90 Å². The number of anilines is 2. The smallest absolute Gasteiger partial charge is 0.265 e. The van der Waals surface area contributed by atoms with Crippen LogP contribution in [0.4, 0.5) is 11.5 Å². The number of nitrogens with zero attached hydrogens (tertiary/aromatic N) is 4. The third-order valence-corrected chi connectivity index (χ3v) is 7.25. The van der Waals surface area contributed by atoms with Crippen LogP contribution >= 0.6 is 0 Å². The van der Waals surface area contributed by atoms with E-state index in [-0.39, 0.29) is 4.90 Å². The van der Waals surface area contributed by atoms with E-state index in [9.17, 15) is 8.42 Å². The minimum absolute atomic E-state index is 0.225. The molecule has 0 aliphatic carbocycles. The van der Waals surface area contributed by atoms with Gasteiger partial charge in [0.25, 0.3) is 10.0 Å². The molecule has 0 radical (unpaired) electrons. The summed E-state index contributed by atoms with van der Waals surface area (Å²) < 4.78 is 27.6. The van der Waals surface area contributed by atoms with E-state index in [1.54, 1.807) is 6.07 Å². The van der Waals surface area contributed by atoms with Crippen molar-refractivity contribution in [3.63, 3.8) is 0 Å². The highest BCUT2D eigenvalue weighted by Gasteiger charge is 2.25. The average molecular weight is 417 g/mol. The number of para-hydroxylation sites is 1. The van der Waals surface area contributed by atoms with Crippen LogP contribution in [0.25, 0.3) is 0 Å². The van der Waals surface area contributed by atoms with Gasteiger partial charge in [0, 0.05) is 38.9 Å². The van der Waals surface area contributed by atoms with Crippen molar-refractivity contribution in [3.05, 3.63) is 48.7 Å². The molecule has 2 heterocycles. The Morgan fingerprint density at radius 1 is 1.03 bits per heavy atom. The molecule has 6 nitrogen and oxygen atoms in total. The largest absolute Gasteiger partial charge is 0.354 e. The van der Waals surface area contributed by atoms with Gasteiger partial charge in [-0.25, -0.2) is 13.4 Å². The lowest BCUT2D eigenvalue weighted by atomic mass is 10.1. The Morgan fingerprint density at radius 2 is 1.72 bits per heavy atom. The molecule has 1 fully saturated rings. The number of rotatable bonds is 8. The number of benzene rings is 1. The van der Waals surface area contributed by atoms with Gasteiger partial charge in [0.1, 0.15) is 10.7 Å². The Balaban J connectivity index is 1.67. The van der Waals surface area contributed by atoms with Gasteiger partial charge in [0.15, 0.2) is 0 Å². The zero-order chi connectivity index (χ0) is 20.9. The molecule has 0 amide bonds. The second-order valence-electron chi connectivity index (χ2n) is 7.87. The van der Waals surface area contributed by atoms with Gasteiger partial charge in [-0.05, 0) is 50.1 Å². The first-order valence-corrected chi connectivity index (χ1v) is 11.9. The van der Waals surface area contributed by atoms with E-state index in [1.165, 1.54) is 16.9 Å². The van der Waals surface area contributed by atoms with Crippen LogP contribution in [0.1, 0.15) is 27.2 Å². The Hall–Kier alpha value is -2.12. The maximum atomic E-state index is 13.1. The van der Waals surface area contributed by atoms with E-state index >= 15 is 0 Å². The average Bonchev–Trinajstić information content (AvgIpc) is 2.74. The van der Waals surface area contributed by atoms with Crippen LogP contribution < -0.4 is 9.21 Å². The Morgan fingerprint density at radius 3 is 2.28 bits per heavy atom. The quantitative estimate of drug-likeness (QED) is 0.660. The highest BCUT2D eigenvalue weighted by molar-refractivity contribution is 7.92. The van der Waals surface area contributed by atoms with Crippen molar-refractivity contribution in [2.24, 2.45) is 5.92 Å². The van der Waals surface area contributed by atoms with E-state index in [4.69, 9.17) is 0 Å². The van der Waals surface area contributed by atoms with Gasteiger partial charge in [-0.2, -0.15) is 0 Å². The fraction of sp³-hybridized carbons (Fsp3) is 0.500. The molecule has 1 aromatic carbocycles. The standard InChI is InChI=1S/C22H32N4O2S/c1-4-26(20-8-6-5-7-9-20)29(27,28)21-10-11-22(23-18-21)25-16-14-24(15-17-25)13-12-19(2)3/h5-11,18-19H,4,12-17H2,1-3H3. The van der Waals surface area contributed by atoms with Gasteiger partial charge in [-0.3, -0.25) is 9.21 Å². The summed E-state index contributed by atoms with van der Waals surface area (Å²) in [6, 6.07) is 12.7. The first-order valence-electron chi connectivity index (χ1n) is 10.4. The van der Waals surface area contributed by atoms with E-state index in [0.717, 1.165) is 44.5 Å². The van der Waals surface area contributed by atoms with Crippen molar-refractivity contribution in [1.29, 1.82) is 0 Å². The lowest BCUT2D eigenvalue weighted by Crippen LogP contribution is -2.47. The molecule has 2 aromatic rings. The molecular formula is C22H32N4O2S. The summed E-state index contributed by atoms with van der Waals surface area (Å²) in [6.07, 6.45) is 2.71. The summed E-state index contributed by atoms with van der Waals surface area (Å²) in [4.78, 5) is 9.43. The number of hydrogen-bond donors (Lipinski definition) is 0. The van der Waals surface area contributed by atoms with E-state index in [0.29, 0.717) is 12.2 Å². The summed E-state index contributed by atoms with van der Waals surface area (Å²) in [5, 5.41) is 0. The van der Waals surface area contributed by atoms with Crippen LogP contribution in [0.2, 0.25) is 0 Å². The number of pyridine rings is 1. The topological polar surface area (TPSA) is 56.8 Å². The minimum atomic E-state index is -3.63. The minimum Gasteiger partial charge on any atom is -0.354 e. The number of piperazine rings is 1. The zero-order valence-electron chi connectivity index (χ0n) is 17.7. The lowest BCUT2D eigenvalue weighted by Gasteiger charge is -2.35. The van der Waals surface area contributed by atoms with Gasteiger partial charge in [0.2, 0.25) is 0 Å². The second-order valence-corrected chi connectivity index (χ2v) is 9.73. The van der Waals surface area contributed by atoms with Crippen LogP contribution in [0, 0.1) is 5.92 Å². The molecule has 0 N–H and O–H groups in total. The summed E-state index contributed by atoms with van der Waals surface area (Å²) >= 11 is 0. The summed E-state index contributed by atoms with van der Waals surface area (Å²) in [6.45, 7) is 11.7. The van der Waals surface area contributed by atoms with Crippen molar-refractivity contribution in [2.45, 2.75) is 32.1 Å². The number of hydrogen-bond acceptors (Lipinski definition) is 5. The molecule has 0 unspecified atom stereocenters. The predicted octanol–water partition coefficient (Wildman–Crippen LogP) is 3.46. The molecule has 1 saturated heterocycles. The van der Waals surface area contributed by atoms with E-state index in [2.05, 4.69) is 28.6 Å². The molecule has 0 spiro atoms. The molecule has 1 aromatic heterocycles. The van der Waals surface area contributed by atoms with Crippen molar-refractivity contribution < 1.29 is 8.42 Å². The molecule has 0 bridgehead atoms. The van der Waals surface area contributed by atoms with Gasteiger partial charge in [-0.1, -0.05) is 32.0 Å². The third kappa shape index (κ3) is 5.28. The Kier molecular flexibility index (Phi) is 7.14. The second kappa shape index (κ2) is 9.59. The Bertz CT molecular complexity index is 861. The highest BCUT2D eigenvalue weighted by atomic mass is 32.2. The van der Waals surface area contributed by atoms with Crippen molar-refractivity contribution in [1.82, 2.24) is 9.88 Å². The third-order valence-electron chi connectivity index (χ3n) is 5.36. The van der Waals surface area contributed by atoms with Crippen LogP contribution in [-0.4, -0.2) is 57.6 Å². The van der Waals surface area contributed by atoms with Crippen molar-refractivity contribution >= 4 is 21.5 Å². The molecule has 0 saturated carbocycles. The monoisotopic (exact) mass is 416 g/mol. The number of sulfonamides is 1. The van der Waals surface area contributed by atoms with E-state index < -0.39 is 10.0 Å². The predicted molar refractivity (Wildman–Crippen MR) is 119 cm³/mol. The first-order chi connectivity index (χ1) is 13.9. The maximum absolute atomic E-state index is 13.1. The van der Waals surface area contributed by atoms with Crippen molar-refractivity contribution in [2.75, 3.05) is 48.5 Å². The molecule has 29 heavy (non-hydrogen) atoms. The van der Waals surface area contributed by atoms with Gasteiger partial charge in [0.05, 0.1) is 5.69 Å². The summed E-state index contributed by atoms with van der Waals surface area (Å²) in [5.74, 6) is 1.57. The van der Waals surface area contributed by atoms with Crippen LogP contribution in [0.15, 0.2) is 53.6 Å². The summed E-state index contributed by atoms with van der Waals surface area (Å²) in [7, 11) is -3.63. The molecule has 1 aliphatic rings. The molecule has 3 rings (SSSR count). The maximum Gasteiger partial charge on any atom is 0.265 e. The number of aromatic nitrogens is 1. The van der Waals surface area contributed by atoms with Gasteiger partial charge in [-0.15, -0.1) is 0 Å². The molecule has 158 valence electrons. The lowest BCUT2D eigenvalue weighted by molar-refractivity contribution is 0.243. The van der Waals surface area contributed by atoms with Crippen LogP contribution in [-0.2, 0) is 10.0 Å². The van der Waals surface area contributed by atoms with E-state index in [1.807, 2.05) is 43.3 Å². The summed E-state index contributed by atoms with van der Waals surface area (Å²) in [5.41, 5.74) is 0.664. The fourth-order valence-electron chi connectivity index (χ4n) is 3.57. The zero-order valence-corrected chi connectivity index (χ0v) is 18.5. The Labute approximate surface area is 175 Å². The van der Waals surface area contributed by atoms with Gasteiger partial charge >= 0.3 is 0 Å². The molecule has 0 atom stereocenters. The van der Waals surface area contributed by atoms with Crippen molar-refractivity contribution in [3.8, 4) is 0 Å². The fourth-order valence-corrected chi connectivity index (χ4v) is 4.99. The SMILES string of the molecule is CCN(c1ccccc1)S(=O)(=O)c1ccc(N2CCN(CCC(C)C)CC2)nc1. The van der Waals surface area contributed by atoms with Crippen LogP contribution in [0.3, 0.4) is 0 Å². The van der Waals surface area contributed by atoms with Crippen LogP contribution in [0.5, 0.6) is 0 Å². The molecular weight excluding hydrogens is 384 g/mol. The normalized spacial score (nSPS) is 15.7. The molecule has 7 heteroatoms. The first kappa shape index (κ1) is 21.6.